The number of fused-ring (bicyclic) bond motifs is 1. The molecule has 0 atom stereocenters. The Morgan fingerprint density at radius 3 is 2.45 bits per heavy atom. The van der Waals surface area contributed by atoms with Crippen LogP contribution in [0.4, 0.5) is 0 Å². The molecule has 0 radical (unpaired) electrons. The van der Waals surface area contributed by atoms with Crippen LogP contribution in [0.3, 0.4) is 0 Å². The van der Waals surface area contributed by atoms with Crippen molar-refractivity contribution in [2.24, 2.45) is 0 Å². The van der Waals surface area contributed by atoms with E-state index < -0.39 is 0 Å². The number of ether oxygens (including phenoxy) is 2. The van der Waals surface area contributed by atoms with Crippen LogP contribution in [-0.4, -0.2) is 31.8 Å². The fourth-order valence-electron chi connectivity index (χ4n) is 2.85. The maximum absolute atomic E-state index is 5.86. The van der Waals surface area contributed by atoms with Crippen LogP contribution in [0.15, 0.2) is 41.3 Å². The van der Waals surface area contributed by atoms with E-state index in [0.717, 1.165) is 5.75 Å². The van der Waals surface area contributed by atoms with E-state index in [1.807, 2.05) is 0 Å². The van der Waals surface area contributed by atoms with Gasteiger partial charge in [0.15, 0.2) is 0 Å². The number of hydrogen-bond donors (Lipinski definition) is 1. The van der Waals surface area contributed by atoms with Gasteiger partial charge in [-0.25, -0.2) is 10.9 Å². The van der Waals surface area contributed by atoms with E-state index in [-0.39, 0.29) is 10.9 Å². The predicted molar refractivity (Wildman–Crippen MR) is 87.5 cm³/mol. The molecule has 0 spiro atoms. The van der Waals surface area contributed by atoms with E-state index >= 15 is 0 Å². The smallest absolute Gasteiger partial charge is 0.127 e. The Labute approximate surface area is 123 Å². The molecule has 0 aromatic heterocycles. The van der Waals surface area contributed by atoms with Crippen molar-refractivity contribution < 1.29 is 9.47 Å². The summed E-state index contributed by atoms with van der Waals surface area (Å²) in [6.07, 6.45) is 2.79. The largest absolute Gasteiger partial charge is 0.491 e. The topological polar surface area (TPSA) is 18.5 Å². The molecule has 1 heterocycles. The summed E-state index contributed by atoms with van der Waals surface area (Å²) in [5.41, 5.74) is 0. The van der Waals surface area contributed by atoms with Gasteiger partial charge in [0.05, 0.1) is 6.61 Å². The van der Waals surface area contributed by atoms with Gasteiger partial charge in [0, 0.05) is 12.5 Å². The summed E-state index contributed by atoms with van der Waals surface area (Å²) in [7, 11) is 1.75. The molecule has 0 unspecified atom stereocenters. The van der Waals surface area contributed by atoms with Gasteiger partial charge < -0.3 is 9.47 Å². The van der Waals surface area contributed by atoms with Gasteiger partial charge in [-0.05, 0) is 46.8 Å². The third-order valence-electron chi connectivity index (χ3n) is 3.85. The number of methoxy groups -OCH3 is 1. The molecule has 2 aromatic rings. The Kier molecular flexibility index (Phi) is 4.48. The molecule has 0 aliphatic carbocycles. The van der Waals surface area contributed by atoms with Crippen LogP contribution in [-0.2, 0) is 4.74 Å². The maximum atomic E-state index is 5.86. The molecule has 0 saturated carbocycles. The highest BCUT2D eigenvalue weighted by molar-refractivity contribution is 8.17. The fourth-order valence-corrected chi connectivity index (χ4v) is 5.59. The summed E-state index contributed by atoms with van der Waals surface area (Å²) in [4.78, 5) is 1.56. The highest BCUT2D eigenvalue weighted by atomic mass is 32.2. The molecule has 1 saturated heterocycles. The molecular formula is C17H22O2S. The average molecular weight is 290 g/mol. The zero-order chi connectivity index (χ0) is 13.8. The molecule has 108 valence electrons. The molecule has 20 heavy (non-hydrogen) atoms. The summed E-state index contributed by atoms with van der Waals surface area (Å²) in [5, 5.41) is 2.63. The number of benzene rings is 2. The van der Waals surface area contributed by atoms with Crippen molar-refractivity contribution in [1.29, 1.82) is 0 Å². The Morgan fingerprint density at radius 1 is 0.950 bits per heavy atom. The molecule has 0 bridgehead atoms. The van der Waals surface area contributed by atoms with Crippen LogP contribution in [0.2, 0.25) is 0 Å². The lowest BCUT2D eigenvalue weighted by Gasteiger charge is -2.19. The van der Waals surface area contributed by atoms with E-state index in [0.29, 0.717) is 13.2 Å². The molecule has 2 nitrogen and oxygen atoms in total. The van der Waals surface area contributed by atoms with Crippen molar-refractivity contribution in [1.82, 2.24) is 0 Å². The summed E-state index contributed by atoms with van der Waals surface area (Å²) < 4.78 is 10.9. The molecule has 0 N–H and O–H groups in total. The van der Waals surface area contributed by atoms with Gasteiger partial charge in [-0.3, -0.25) is 0 Å². The average Bonchev–Trinajstić information content (AvgIpc) is 3.01. The summed E-state index contributed by atoms with van der Waals surface area (Å²) in [6.45, 7) is 1.23. The van der Waals surface area contributed by atoms with Gasteiger partial charge in [0.2, 0.25) is 0 Å². The van der Waals surface area contributed by atoms with E-state index in [1.54, 1.807) is 12.0 Å². The highest BCUT2D eigenvalue weighted by Gasteiger charge is 2.16. The molecule has 0 amide bonds. The third-order valence-corrected chi connectivity index (χ3v) is 6.64. The van der Waals surface area contributed by atoms with Crippen LogP contribution in [0.25, 0.3) is 10.8 Å². The van der Waals surface area contributed by atoms with Gasteiger partial charge in [-0.1, -0.05) is 24.3 Å². The minimum absolute atomic E-state index is 0.0514. The first-order valence-corrected chi connectivity index (χ1v) is 9.00. The van der Waals surface area contributed by atoms with E-state index in [2.05, 4.69) is 36.4 Å². The molecule has 1 aliphatic rings. The Bertz CT molecular complexity index is 576. The molecular weight excluding hydrogens is 268 g/mol. The van der Waals surface area contributed by atoms with Gasteiger partial charge in [0.25, 0.3) is 0 Å². The summed E-state index contributed by atoms with van der Waals surface area (Å²) in [5.74, 6) is 3.77. The van der Waals surface area contributed by atoms with Crippen LogP contribution >= 0.6 is 10.9 Å². The zero-order valence-corrected chi connectivity index (χ0v) is 12.9. The third kappa shape index (κ3) is 2.79. The quantitative estimate of drug-likeness (QED) is 0.662. The van der Waals surface area contributed by atoms with Crippen LogP contribution in [0, 0.1) is 0 Å². The second kappa shape index (κ2) is 6.51. The van der Waals surface area contributed by atoms with Crippen LogP contribution in [0.5, 0.6) is 5.75 Å². The highest BCUT2D eigenvalue weighted by Crippen LogP contribution is 2.47. The standard InChI is InChI=1S/C17H22O2S/c1-18-10-11-19-16-8-9-17(20-12-4-5-13-20)15-7-3-2-6-14(15)16/h2-3,6-9,20H,4-5,10-13H2,1H3. The van der Waals surface area contributed by atoms with Gasteiger partial charge in [-0.15, -0.1) is 0 Å². The van der Waals surface area contributed by atoms with Crippen molar-refractivity contribution in [3.8, 4) is 5.75 Å². The molecule has 1 aliphatic heterocycles. The first-order valence-electron chi connectivity index (χ1n) is 7.28. The van der Waals surface area contributed by atoms with E-state index in [9.17, 15) is 0 Å². The summed E-state index contributed by atoms with van der Waals surface area (Å²) in [6, 6.07) is 13.1. The number of rotatable bonds is 5. The van der Waals surface area contributed by atoms with E-state index in [1.165, 1.54) is 35.1 Å². The normalized spacial score (nSPS) is 16.8. The Hall–Kier alpha value is -1.19. The van der Waals surface area contributed by atoms with Crippen molar-refractivity contribution in [2.45, 2.75) is 17.7 Å². The molecule has 3 heteroatoms. The van der Waals surface area contributed by atoms with Crippen molar-refractivity contribution in [3.05, 3.63) is 36.4 Å². The molecule has 3 rings (SSSR count). The van der Waals surface area contributed by atoms with Gasteiger partial charge in [0.1, 0.15) is 12.4 Å². The SMILES string of the molecule is COCCOc1ccc([SH]2CCCC2)c2ccccc12. The second-order valence-electron chi connectivity index (χ2n) is 5.16. The second-order valence-corrected chi connectivity index (χ2v) is 7.62. The minimum atomic E-state index is 0.0514. The lowest BCUT2D eigenvalue weighted by molar-refractivity contribution is 0.147. The lowest BCUT2D eigenvalue weighted by atomic mass is 10.1. The Morgan fingerprint density at radius 2 is 1.70 bits per heavy atom. The van der Waals surface area contributed by atoms with Gasteiger partial charge >= 0.3 is 0 Å². The molecule has 2 aromatic carbocycles. The van der Waals surface area contributed by atoms with Crippen LogP contribution in [0.1, 0.15) is 12.8 Å². The Balaban J connectivity index is 1.96. The molecule has 1 fully saturated rings. The number of hydrogen-bond acceptors (Lipinski definition) is 2. The van der Waals surface area contributed by atoms with Crippen molar-refractivity contribution in [3.63, 3.8) is 0 Å². The van der Waals surface area contributed by atoms with Crippen LogP contribution < -0.4 is 4.74 Å². The fraction of sp³-hybridized carbons (Fsp3) is 0.412. The van der Waals surface area contributed by atoms with E-state index in [4.69, 9.17) is 9.47 Å². The minimum Gasteiger partial charge on any atom is -0.491 e. The predicted octanol–water partition coefficient (Wildman–Crippen LogP) is 4.02. The maximum Gasteiger partial charge on any atom is 0.127 e. The van der Waals surface area contributed by atoms with Crippen molar-refractivity contribution >= 4 is 21.7 Å². The van der Waals surface area contributed by atoms with Gasteiger partial charge in [-0.2, -0.15) is 0 Å². The monoisotopic (exact) mass is 290 g/mol. The van der Waals surface area contributed by atoms with Crippen molar-refractivity contribution in [2.75, 3.05) is 31.8 Å². The first kappa shape index (κ1) is 13.8. The first-order chi connectivity index (χ1) is 9.90. The summed E-state index contributed by atoms with van der Waals surface area (Å²) >= 11 is 0. The lowest BCUT2D eigenvalue weighted by Crippen LogP contribution is -2.04. The number of thiol groups is 1. The zero-order valence-electron chi connectivity index (χ0n) is 12.0.